The van der Waals surface area contributed by atoms with Crippen LogP contribution in [-0.4, -0.2) is 12.7 Å². The molecule has 0 unspecified atom stereocenters. The van der Waals surface area contributed by atoms with Gasteiger partial charge in [0.25, 0.3) is 5.91 Å². The molecule has 1 amide bonds. The number of carbonyl (C=O) groups excluding carboxylic acids is 1. The molecule has 0 spiro atoms. The van der Waals surface area contributed by atoms with E-state index in [1.165, 1.54) is 12.1 Å². The first kappa shape index (κ1) is 17.6. The number of fused-ring (bicyclic) bond motifs is 1. The number of halogens is 1. The summed E-state index contributed by atoms with van der Waals surface area (Å²) in [6, 6.07) is 11.6. The number of carbonyl (C=O) groups is 1. The maximum absolute atomic E-state index is 12.9. The molecule has 2 aromatic carbocycles. The van der Waals surface area contributed by atoms with E-state index in [4.69, 9.17) is 18.6 Å². The van der Waals surface area contributed by atoms with Crippen LogP contribution in [0.4, 0.5) is 10.1 Å². The lowest BCUT2D eigenvalue weighted by atomic mass is 10.2. The second-order valence-electron chi connectivity index (χ2n) is 5.91. The molecular formula is C20H14FNO6. The predicted octanol–water partition coefficient (Wildman–Crippen LogP) is 3.34. The van der Waals surface area contributed by atoms with E-state index in [0.29, 0.717) is 22.7 Å². The van der Waals surface area contributed by atoms with Crippen molar-refractivity contribution in [2.45, 2.75) is 6.61 Å². The fourth-order valence-electron chi connectivity index (χ4n) is 2.53. The molecular weight excluding hydrogens is 369 g/mol. The van der Waals surface area contributed by atoms with Crippen LogP contribution in [0.25, 0.3) is 0 Å². The molecule has 0 atom stereocenters. The summed E-state index contributed by atoms with van der Waals surface area (Å²) in [5.41, 5.74) is 0.642. The first-order valence-corrected chi connectivity index (χ1v) is 8.29. The minimum Gasteiger partial charge on any atom is -0.482 e. The molecule has 1 aliphatic heterocycles. The van der Waals surface area contributed by atoms with E-state index in [0.717, 1.165) is 12.3 Å². The lowest BCUT2D eigenvalue weighted by Crippen LogP contribution is -2.15. The Hall–Kier alpha value is -3.81. The first-order valence-electron chi connectivity index (χ1n) is 8.29. The van der Waals surface area contributed by atoms with Crippen molar-refractivity contribution < 1.29 is 27.8 Å². The Kier molecular flexibility index (Phi) is 4.67. The summed E-state index contributed by atoms with van der Waals surface area (Å²) in [6.07, 6.45) is 1.07. The van der Waals surface area contributed by atoms with Crippen molar-refractivity contribution in [3.05, 3.63) is 82.2 Å². The molecule has 0 fully saturated rings. The molecule has 142 valence electrons. The molecule has 28 heavy (non-hydrogen) atoms. The highest BCUT2D eigenvalue weighted by atomic mass is 19.1. The van der Waals surface area contributed by atoms with Crippen molar-refractivity contribution in [2.24, 2.45) is 0 Å². The van der Waals surface area contributed by atoms with Crippen LogP contribution in [0.5, 0.6) is 17.2 Å². The molecule has 0 aliphatic carbocycles. The van der Waals surface area contributed by atoms with Gasteiger partial charge in [0.1, 0.15) is 18.7 Å². The fourth-order valence-corrected chi connectivity index (χ4v) is 2.53. The quantitative estimate of drug-likeness (QED) is 0.727. The van der Waals surface area contributed by atoms with Crippen molar-refractivity contribution in [3.8, 4) is 17.2 Å². The van der Waals surface area contributed by atoms with Crippen molar-refractivity contribution in [3.63, 3.8) is 0 Å². The van der Waals surface area contributed by atoms with Crippen LogP contribution in [0.2, 0.25) is 0 Å². The van der Waals surface area contributed by atoms with Crippen LogP contribution >= 0.6 is 0 Å². The summed E-state index contributed by atoms with van der Waals surface area (Å²) >= 11 is 0. The maximum Gasteiger partial charge on any atom is 0.291 e. The van der Waals surface area contributed by atoms with Gasteiger partial charge >= 0.3 is 0 Å². The Bertz CT molecular complexity index is 1080. The van der Waals surface area contributed by atoms with Gasteiger partial charge in [-0.3, -0.25) is 9.59 Å². The normalized spacial score (nSPS) is 11.9. The Morgan fingerprint density at radius 3 is 2.64 bits per heavy atom. The summed E-state index contributed by atoms with van der Waals surface area (Å²) < 4.78 is 33.9. The molecule has 0 saturated carbocycles. The second kappa shape index (κ2) is 7.43. The Balaban J connectivity index is 1.42. The third-order valence-electron chi connectivity index (χ3n) is 3.96. The minimum absolute atomic E-state index is 0.0519. The van der Waals surface area contributed by atoms with Crippen LogP contribution in [0.1, 0.15) is 16.1 Å². The van der Waals surface area contributed by atoms with Gasteiger partial charge in [-0.25, -0.2) is 4.39 Å². The second-order valence-corrected chi connectivity index (χ2v) is 5.91. The van der Waals surface area contributed by atoms with E-state index in [1.54, 1.807) is 30.3 Å². The number of amides is 1. The van der Waals surface area contributed by atoms with Crippen molar-refractivity contribution in [1.82, 2.24) is 0 Å². The monoisotopic (exact) mass is 383 g/mol. The van der Waals surface area contributed by atoms with Gasteiger partial charge in [0.15, 0.2) is 17.3 Å². The van der Waals surface area contributed by atoms with Gasteiger partial charge in [-0.05, 0) is 29.8 Å². The minimum atomic E-state index is -0.596. The Labute approximate surface area is 158 Å². The smallest absolute Gasteiger partial charge is 0.291 e. The standard InChI is InChI=1S/C20H14FNO6/c21-13-3-1-12(2-4-13)9-25-19-10-26-18(8-15(19)23)20(24)22-14-5-6-16-17(7-14)28-11-27-16/h1-8,10H,9,11H2,(H,22,24). The SMILES string of the molecule is O=C(Nc1ccc2c(c1)OCO2)c1cc(=O)c(OCc2ccc(F)cc2)co1. The average molecular weight is 383 g/mol. The predicted molar refractivity (Wildman–Crippen MR) is 96.2 cm³/mol. The maximum atomic E-state index is 12.9. The average Bonchev–Trinajstić information content (AvgIpc) is 3.16. The molecule has 7 nitrogen and oxygen atoms in total. The number of ether oxygens (including phenoxy) is 3. The van der Waals surface area contributed by atoms with Gasteiger partial charge in [0.2, 0.25) is 18.0 Å². The van der Waals surface area contributed by atoms with Gasteiger partial charge < -0.3 is 23.9 Å². The third-order valence-corrected chi connectivity index (χ3v) is 3.96. The summed E-state index contributed by atoms with van der Waals surface area (Å²) in [5, 5.41) is 2.61. The summed E-state index contributed by atoms with van der Waals surface area (Å²) in [5.74, 6) is -0.0705. The molecule has 0 saturated heterocycles. The molecule has 4 rings (SSSR count). The van der Waals surface area contributed by atoms with Gasteiger partial charge in [-0.2, -0.15) is 0 Å². The molecule has 1 N–H and O–H groups in total. The van der Waals surface area contributed by atoms with E-state index >= 15 is 0 Å². The third kappa shape index (κ3) is 3.80. The van der Waals surface area contributed by atoms with E-state index < -0.39 is 11.3 Å². The van der Waals surface area contributed by atoms with Crippen LogP contribution in [0, 0.1) is 5.82 Å². The van der Waals surface area contributed by atoms with Gasteiger partial charge in [0.05, 0.1) is 0 Å². The van der Waals surface area contributed by atoms with Crippen molar-refractivity contribution in [2.75, 3.05) is 12.1 Å². The number of rotatable bonds is 5. The van der Waals surface area contributed by atoms with Crippen LogP contribution in [0.3, 0.4) is 0 Å². The number of benzene rings is 2. The lowest BCUT2D eigenvalue weighted by Gasteiger charge is -2.07. The number of nitrogens with one attached hydrogen (secondary N) is 1. The van der Waals surface area contributed by atoms with E-state index in [1.807, 2.05) is 0 Å². The van der Waals surface area contributed by atoms with Crippen LogP contribution in [0.15, 0.2) is 64.0 Å². The molecule has 0 radical (unpaired) electrons. The van der Waals surface area contributed by atoms with E-state index in [2.05, 4.69) is 5.32 Å². The Morgan fingerprint density at radius 2 is 1.86 bits per heavy atom. The molecule has 1 aromatic heterocycles. The highest BCUT2D eigenvalue weighted by Crippen LogP contribution is 2.34. The van der Waals surface area contributed by atoms with Crippen LogP contribution < -0.4 is 25.0 Å². The zero-order chi connectivity index (χ0) is 19.5. The first-order chi connectivity index (χ1) is 13.6. The Morgan fingerprint density at radius 1 is 1.07 bits per heavy atom. The zero-order valence-electron chi connectivity index (χ0n) is 14.4. The summed E-state index contributed by atoms with van der Waals surface area (Å²) in [7, 11) is 0. The summed E-state index contributed by atoms with van der Waals surface area (Å²) in [6.45, 7) is 0.189. The lowest BCUT2D eigenvalue weighted by molar-refractivity contribution is 0.0993. The van der Waals surface area contributed by atoms with Crippen molar-refractivity contribution in [1.29, 1.82) is 0 Å². The number of anilines is 1. The van der Waals surface area contributed by atoms with Crippen molar-refractivity contribution >= 4 is 11.6 Å². The van der Waals surface area contributed by atoms with Gasteiger partial charge in [0, 0.05) is 17.8 Å². The van der Waals surface area contributed by atoms with Gasteiger partial charge in [-0.15, -0.1) is 0 Å². The largest absolute Gasteiger partial charge is 0.482 e. The van der Waals surface area contributed by atoms with E-state index in [-0.39, 0.29) is 30.7 Å². The molecule has 2 heterocycles. The topological polar surface area (TPSA) is 87.0 Å². The number of hydrogen-bond donors (Lipinski definition) is 1. The molecule has 3 aromatic rings. The fraction of sp³-hybridized carbons (Fsp3) is 0.100. The molecule has 8 heteroatoms. The molecule has 1 aliphatic rings. The summed E-state index contributed by atoms with van der Waals surface area (Å²) in [4.78, 5) is 24.5. The zero-order valence-corrected chi connectivity index (χ0v) is 14.4. The van der Waals surface area contributed by atoms with E-state index in [9.17, 15) is 14.0 Å². The van der Waals surface area contributed by atoms with Gasteiger partial charge in [-0.1, -0.05) is 12.1 Å². The highest BCUT2D eigenvalue weighted by molar-refractivity contribution is 6.02. The highest BCUT2D eigenvalue weighted by Gasteiger charge is 2.16. The van der Waals surface area contributed by atoms with Crippen LogP contribution in [-0.2, 0) is 6.61 Å². The molecule has 0 bridgehead atoms. The number of hydrogen-bond acceptors (Lipinski definition) is 6.